The lowest BCUT2D eigenvalue weighted by molar-refractivity contribution is 0.0868. The number of hydrogen-bond donors (Lipinski definition) is 1. The molecule has 1 aliphatic heterocycles. The van der Waals surface area contributed by atoms with Gasteiger partial charge in [0.15, 0.2) is 0 Å². The van der Waals surface area contributed by atoms with E-state index in [2.05, 4.69) is 57.8 Å². The van der Waals surface area contributed by atoms with Gasteiger partial charge in [-0.1, -0.05) is 52.2 Å². The molecule has 1 saturated heterocycles. The standard InChI is InChI=1S/C17H34N2/c1-7-14(5)16-12-19(10-9-13(3)4)17(11-18-16)15(6)8-2/h9,14-18H,7-8,10-12H2,1-6H3. The van der Waals surface area contributed by atoms with Crippen LogP contribution in [0.2, 0.25) is 0 Å². The summed E-state index contributed by atoms with van der Waals surface area (Å²) in [7, 11) is 0. The van der Waals surface area contributed by atoms with Crippen molar-refractivity contribution < 1.29 is 0 Å². The zero-order chi connectivity index (χ0) is 14.4. The SMILES string of the molecule is CCC(C)C1CN(CC=C(C)C)C(C(C)CC)CN1. The van der Waals surface area contributed by atoms with E-state index < -0.39 is 0 Å². The molecule has 1 rings (SSSR count). The summed E-state index contributed by atoms with van der Waals surface area (Å²) >= 11 is 0. The minimum atomic E-state index is 0.663. The molecule has 112 valence electrons. The third kappa shape index (κ3) is 4.92. The van der Waals surface area contributed by atoms with Crippen LogP contribution in [0.25, 0.3) is 0 Å². The van der Waals surface area contributed by atoms with Gasteiger partial charge in [0.1, 0.15) is 0 Å². The fraction of sp³-hybridized carbons (Fsp3) is 0.882. The number of nitrogens with one attached hydrogen (secondary N) is 1. The Morgan fingerprint density at radius 2 is 1.84 bits per heavy atom. The van der Waals surface area contributed by atoms with Crippen molar-refractivity contribution in [2.75, 3.05) is 19.6 Å². The lowest BCUT2D eigenvalue weighted by Gasteiger charge is -2.44. The van der Waals surface area contributed by atoms with Crippen molar-refractivity contribution >= 4 is 0 Å². The second-order valence-electron chi connectivity index (χ2n) is 6.59. The molecule has 1 N–H and O–H groups in total. The largest absolute Gasteiger partial charge is 0.311 e. The van der Waals surface area contributed by atoms with Crippen molar-refractivity contribution in [1.29, 1.82) is 0 Å². The second kappa shape index (κ2) is 8.06. The van der Waals surface area contributed by atoms with Crippen LogP contribution >= 0.6 is 0 Å². The average molecular weight is 266 g/mol. The van der Waals surface area contributed by atoms with Crippen molar-refractivity contribution in [3.05, 3.63) is 11.6 Å². The fourth-order valence-corrected chi connectivity index (χ4v) is 2.86. The van der Waals surface area contributed by atoms with Crippen molar-refractivity contribution in [2.24, 2.45) is 11.8 Å². The van der Waals surface area contributed by atoms with Gasteiger partial charge in [0.2, 0.25) is 0 Å². The Morgan fingerprint density at radius 1 is 1.21 bits per heavy atom. The smallest absolute Gasteiger partial charge is 0.0250 e. The van der Waals surface area contributed by atoms with Gasteiger partial charge in [-0.25, -0.2) is 0 Å². The molecule has 0 saturated carbocycles. The van der Waals surface area contributed by atoms with E-state index in [1.807, 2.05) is 0 Å². The van der Waals surface area contributed by atoms with Crippen LogP contribution in [0.5, 0.6) is 0 Å². The zero-order valence-electron chi connectivity index (χ0n) is 13.9. The first kappa shape index (κ1) is 16.7. The molecule has 4 atom stereocenters. The summed E-state index contributed by atoms with van der Waals surface area (Å²) in [6, 6.07) is 1.36. The molecule has 2 nitrogen and oxygen atoms in total. The van der Waals surface area contributed by atoms with Gasteiger partial charge < -0.3 is 5.32 Å². The Kier molecular flexibility index (Phi) is 7.09. The normalized spacial score (nSPS) is 27.9. The summed E-state index contributed by atoms with van der Waals surface area (Å²) < 4.78 is 0. The summed E-state index contributed by atoms with van der Waals surface area (Å²) in [6.45, 7) is 17.3. The van der Waals surface area contributed by atoms with E-state index in [1.165, 1.54) is 25.0 Å². The molecule has 0 aromatic carbocycles. The summed E-state index contributed by atoms with van der Waals surface area (Å²) in [6.07, 6.45) is 4.92. The van der Waals surface area contributed by atoms with Crippen molar-refractivity contribution in [3.8, 4) is 0 Å². The highest BCUT2D eigenvalue weighted by atomic mass is 15.2. The lowest BCUT2D eigenvalue weighted by Crippen LogP contribution is -2.60. The topological polar surface area (TPSA) is 15.3 Å². The van der Waals surface area contributed by atoms with Crippen LogP contribution < -0.4 is 5.32 Å². The maximum absolute atomic E-state index is 3.79. The van der Waals surface area contributed by atoms with Crippen molar-refractivity contribution in [3.63, 3.8) is 0 Å². The Labute approximate surface area is 120 Å². The van der Waals surface area contributed by atoms with Crippen molar-refractivity contribution in [2.45, 2.75) is 66.5 Å². The first-order chi connectivity index (χ1) is 8.99. The Balaban J connectivity index is 2.71. The highest BCUT2D eigenvalue weighted by molar-refractivity contribution is 4.99. The van der Waals surface area contributed by atoms with Crippen LogP contribution in [0.1, 0.15) is 54.4 Å². The molecule has 0 aromatic heterocycles. The molecule has 1 heterocycles. The van der Waals surface area contributed by atoms with E-state index in [-0.39, 0.29) is 0 Å². The molecule has 0 radical (unpaired) electrons. The van der Waals surface area contributed by atoms with Gasteiger partial charge in [0.25, 0.3) is 0 Å². The molecule has 0 spiro atoms. The van der Waals surface area contributed by atoms with E-state index in [1.54, 1.807) is 0 Å². The number of piperazine rings is 1. The summed E-state index contributed by atoms with van der Waals surface area (Å²) in [5.41, 5.74) is 1.43. The molecule has 0 aromatic rings. The van der Waals surface area contributed by atoms with E-state index in [0.717, 1.165) is 24.9 Å². The van der Waals surface area contributed by atoms with Crippen molar-refractivity contribution in [1.82, 2.24) is 10.2 Å². The zero-order valence-corrected chi connectivity index (χ0v) is 13.9. The summed E-state index contributed by atoms with van der Waals surface area (Å²) in [5.74, 6) is 1.54. The Morgan fingerprint density at radius 3 is 2.37 bits per heavy atom. The molecule has 19 heavy (non-hydrogen) atoms. The van der Waals surface area contributed by atoms with Gasteiger partial charge in [-0.05, 0) is 25.7 Å². The van der Waals surface area contributed by atoms with Crippen LogP contribution in [-0.2, 0) is 0 Å². The van der Waals surface area contributed by atoms with E-state index >= 15 is 0 Å². The molecule has 2 heteroatoms. The lowest BCUT2D eigenvalue weighted by atomic mass is 9.90. The van der Waals surface area contributed by atoms with Gasteiger partial charge >= 0.3 is 0 Å². The quantitative estimate of drug-likeness (QED) is 0.738. The molecule has 0 amide bonds. The second-order valence-corrected chi connectivity index (χ2v) is 6.59. The molecule has 4 unspecified atom stereocenters. The Bertz CT molecular complexity index is 281. The number of rotatable bonds is 6. The average Bonchev–Trinajstić information content (AvgIpc) is 2.42. The minimum absolute atomic E-state index is 0.663. The van der Waals surface area contributed by atoms with Gasteiger partial charge in [0, 0.05) is 31.7 Å². The third-order valence-electron chi connectivity index (χ3n) is 4.86. The first-order valence-corrected chi connectivity index (χ1v) is 8.10. The van der Waals surface area contributed by atoms with Gasteiger partial charge in [-0.3, -0.25) is 4.90 Å². The maximum atomic E-state index is 3.79. The molecular weight excluding hydrogens is 232 g/mol. The first-order valence-electron chi connectivity index (χ1n) is 8.10. The highest BCUT2D eigenvalue weighted by Crippen LogP contribution is 2.21. The van der Waals surface area contributed by atoms with E-state index in [0.29, 0.717) is 12.1 Å². The van der Waals surface area contributed by atoms with E-state index in [9.17, 15) is 0 Å². The molecule has 1 fully saturated rings. The molecule has 0 bridgehead atoms. The summed E-state index contributed by atoms with van der Waals surface area (Å²) in [5, 5.41) is 3.79. The fourth-order valence-electron chi connectivity index (χ4n) is 2.86. The van der Waals surface area contributed by atoms with Crippen LogP contribution in [0.3, 0.4) is 0 Å². The Hall–Kier alpha value is -0.340. The molecule has 0 aliphatic carbocycles. The number of nitrogens with zero attached hydrogens (tertiary/aromatic N) is 1. The maximum Gasteiger partial charge on any atom is 0.0250 e. The highest BCUT2D eigenvalue weighted by Gasteiger charge is 2.31. The molecular formula is C17H34N2. The van der Waals surface area contributed by atoms with Gasteiger partial charge in [-0.15, -0.1) is 0 Å². The van der Waals surface area contributed by atoms with E-state index in [4.69, 9.17) is 0 Å². The number of hydrogen-bond acceptors (Lipinski definition) is 2. The van der Waals surface area contributed by atoms with Crippen LogP contribution in [0, 0.1) is 11.8 Å². The van der Waals surface area contributed by atoms with Crippen LogP contribution in [-0.4, -0.2) is 36.6 Å². The van der Waals surface area contributed by atoms with Gasteiger partial charge in [-0.2, -0.15) is 0 Å². The van der Waals surface area contributed by atoms with Gasteiger partial charge in [0.05, 0.1) is 0 Å². The number of allylic oxidation sites excluding steroid dienone is 1. The molecule has 1 aliphatic rings. The third-order valence-corrected chi connectivity index (χ3v) is 4.86. The summed E-state index contributed by atoms with van der Waals surface area (Å²) in [4.78, 5) is 2.70. The van der Waals surface area contributed by atoms with Crippen LogP contribution in [0.4, 0.5) is 0 Å². The van der Waals surface area contributed by atoms with Crippen LogP contribution in [0.15, 0.2) is 11.6 Å². The predicted octanol–water partition coefficient (Wildman–Crippen LogP) is 3.69. The monoisotopic (exact) mass is 266 g/mol. The predicted molar refractivity (Wildman–Crippen MR) is 85.5 cm³/mol. The minimum Gasteiger partial charge on any atom is -0.311 e.